The summed E-state index contributed by atoms with van der Waals surface area (Å²) < 4.78 is 7.30. The van der Waals surface area contributed by atoms with Crippen LogP contribution in [0.1, 0.15) is 36.1 Å². The maximum absolute atomic E-state index is 10.9. The quantitative estimate of drug-likeness (QED) is 0.897. The lowest BCUT2D eigenvalue weighted by atomic mass is 10.3. The Morgan fingerprint density at radius 1 is 1.37 bits per heavy atom. The summed E-state index contributed by atoms with van der Waals surface area (Å²) >= 11 is 0. The molecule has 1 aromatic heterocycles. The highest BCUT2D eigenvalue weighted by atomic mass is 16.5. The largest absolute Gasteiger partial charge is 0.487 e. The first-order valence-electron chi connectivity index (χ1n) is 6.07. The van der Waals surface area contributed by atoms with E-state index in [4.69, 9.17) is 9.84 Å². The fourth-order valence-electron chi connectivity index (χ4n) is 1.77. The average Bonchev–Trinajstić information content (AvgIpc) is 2.82. The number of hydrogen-bond donors (Lipinski definition) is 1. The average molecular weight is 260 g/mol. The van der Waals surface area contributed by atoms with Crippen LogP contribution in [-0.4, -0.2) is 20.9 Å². The van der Waals surface area contributed by atoms with Gasteiger partial charge in [0.25, 0.3) is 0 Å². The third-order valence-corrected chi connectivity index (χ3v) is 2.65. The number of rotatable bonds is 5. The summed E-state index contributed by atoms with van der Waals surface area (Å²) in [7, 11) is 0. The molecule has 0 unspecified atom stereocenters. The van der Waals surface area contributed by atoms with Crippen molar-refractivity contribution in [2.45, 2.75) is 26.5 Å². The molecule has 0 aliphatic carbocycles. The van der Waals surface area contributed by atoms with Gasteiger partial charge in [-0.3, -0.25) is 4.68 Å². The maximum atomic E-state index is 10.9. The van der Waals surface area contributed by atoms with Crippen molar-refractivity contribution in [3.63, 3.8) is 0 Å². The lowest BCUT2D eigenvalue weighted by molar-refractivity contribution is 0.0689. The number of nitrogens with zero attached hydrogens (tertiary/aromatic N) is 2. The summed E-state index contributed by atoms with van der Waals surface area (Å²) in [6.07, 6.45) is 0. The second kappa shape index (κ2) is 5.56. The van der Waals surface area contributed by atoms with Gasteiger partial charge in [0.2, 0.25) is 0 Å². The molecule has 19 heavy (non-hydrogen) atoms. The summed E-state index contributed by atoms with van der Waals surface area (Å²) in [5, 5.41) is 13.0. The van der Waals surface area contributed by atoms with Gasteiger partial charge in [0, 0.05) is 6.04 Å². The predicted octanol–water partition coefficient (Wildman–Crippen LogP) is 2.74. The maximum Gasteiger partial charge on any atom is 0.356 e. The number of benzene rings is 1. The van der Waals surface area contributed by atoms with Gasteiger partial charge in [0.1, 0.15) is 12.4 Å². The Labute approximate surface area is 111 Å². The van der Waals surface area contributed by atoms with Gasteiger partial charge in [-0.2, -0.15) is 5.10 Å². The second-order valence-corrected chi connectivity index (χ2v) is 4.47. The Morgan fingerprint density at radius 3 is 2.63 bits per heavy atom. The van der Waals surface area contributed by atoms with Crippen LogP contribution in [0.3, 0.4) is 0 Å². The van der Waals surface area contributed by atoms with Gasteiger partial charge in [-0.1, -0.05) is 18.2 Å². The molecule has 5 nitrogen and oxygen atoms in total. The van der Waals surface area contributed by atoms with Gasteiger partial charge < -0.3 is 9.84 Å². The molecule has 2 rings (SSSR count). The molecule has 1 aromatic carbocycles. The number of carboxylic acid groups (broad SMARTS) is 1. The second-order valence-electron chi connectivity index (χ2n) is 4.47. The molecule has 0 fully saturated rings. The minimum Gasteiger partial charge on any atom is -0.487 e. The van der Waals surface area contributed by atoms with Gasteiger partial charge in [-0.25, -0.2) is 4.79 Å². The van der Waals surface area contributed by atoms with Gasteiger partial charge in [0.15, 0.2) is 5.69 Å². The zero-order valence-electron chi connectivity index (χ0n) is 10.9. The van der Waals surface area contributed by atoms with E-state index < -0.39 is 5.97 Å². The van der Waals surface area contributed by atoms with Crippen LogP contribution in [0.15, 0.2) is 36.4 Å². The van der Waals surface area contributed by atoms with Crippen LogP contribution in [0.2, 0.25) is 0 Å². The monoisotopic (exact) mass is 260 g/mol. The van der Waals surface area contributed by atoms with E-state index in [9.17, 15) is 4.79 Å². The Morgan fingerprint density at radius 2 is 2.05 bits per heavy atom. The van der Waals surface area contributed by atoms with Crippen LogP contribution in [0.5, 0.6) is 5.75 Å². The highest BCUT2D eigenvalue weighted by Crippen LogP contribution is 2.15. The molecule has 0 amide bonds. The lowest BCUT2D eigenvalue weighted by Crippen LogP contribution is -2.10. The van der Waals surface area contributed by atoms with Crippen molar-refractivity contribution in [2.75, 3.05) is 0 Å². The number of aromatic carboxylic acids is 1. The van der Waals surface area contributed by atoms with E-state index >= 15 is 0 Å². The molecular weight excluding hydrogens is 244 g/mol. The molecule has 0 radical (unpaired) electrons. The third-order valence-electron chi connectivity index (χ3n) is 2.65. The molecule has 0 saturated carbocycles. The van der Waals surface area contributed by atoms with Crippen molar-refractivity contribution in [3.05, 3.63) is 47.8 Å². The first-order valence-corrected chi connectivity index (χ1v) is 6.07. The number of para-hydroxylation sites is 1. The van der Waals surface area contributed by atoms with Gasteiger partial charge in [-0.05, 0) is 32.0 Å². The van der Waals surface area contributed by atoms with Crippen molar-refractivity contribution in [1.82, 2.24) is 9.78 Å². The predicted molar refractivity (Wildman–Crippen MR) is 70.3 cm³/mol. The normalized spacial score (nSPS) is 10.7. The third kappa shape index (κ3) is 3.13. The van der Waals surface area contributed by atoms with Crippen LogP contribution in [0.25, 0.3) is 0 Å². The molecule has 0 saturated heterocycles. The van der Waals surface area contributed by atoms with Crippen molar-refractivity contribution in [2.24, 2.45) is 0 Å². The van der Waals surface area contributed by atoms with Crippen LogP contribution in [-0.2, 0) is 6.61 Å². The Kier molecular flexibility index (Phi) is 3.85. The van der Waals surface area contributed by atoms with Crippen molar-refractivity contribution in [3.8, 4) is 5.75 Å². The number of carbonyl (C=O) groups is 1. The minimum atomic E-state index is -1.03. The van der Waals surface area contributed by atoms with Crippen LogP contribution < -0.4 is 4.74 Å². The van der Waals surface area contributed by atoms with Gasteiger partial charge >= 0.3 is 5.97 Å². The Hall–Kier alpha value is -2.30. The van der Waals surface area contributed by atoms with Crippen LogP contribution in [0, 0.1) is 0 Å². The molecule has 0 aliphatic heterocycles. The summed E-state index contributed by atoms with van der Waals surface area (Å²) in [6, 6.07) is 11.0. The summed E-state index contributed by atoms with van der Waals surface area (Å²) in [5.74, 6) is -0.281. The molecule has 0 spiro atoms. The fourth-order valence-corrected chi connectivity index (χ4v) is 1.77. The summed E-state index contributed by atoms with van der Waals surface area (Å²) in [4.78, 5) is 10.9. The summed E-state index contributed by atoms with van der Waals surface area (Å²) in [6.45, 7) is 4.19. The Balaban J connectivity index is 2.17. The molecular formula is C14H16N2O3. The molecule has 2 aromatic rings. The number of ether oxygens (including phenoxy) is 1. The van der Waals surface area contributed by atoms with E-state index in [0.717, 1.165) is 11.4 Å². The Bertz CT molecular complexity index is 561. The number of aromatic nitrogens is 2. The molecule has 1 N–H and O–H groups in total. The molecule has 0 atom stereocenters. The van der Waals surface area contributed by atoms with Crippen molar-refractivity contribution in [1.29, 1.82) is 0 Å². The van der Waals surface area contributed by atoms with Crippen LogP contribution in [0.4, 0.5) is 0 Å². The van der Waals surface area contributed by atoms with E-state index in [0.29, 0.717) is 6.61 Å². The highest BCUT2D eigenvalue weighted by molar-refractivity contribution is 5.85. The standard InChI is InChI=1S/C14H16N2O3/c1-10(2)16-11(8-13(15-16)14(17)18)9-19-12-6-4-3-5-7-12/h3-8,10H,9H2,1-2H3,(H,17,18). The zero-order valence-corrected chi connectivity index (χ0v) is 10.9. The smallest absolute Gasteiger partial charge is 0.356 e. The van der Waals surface area contributed by atoms with E-state index in [1.807, 2.05) is 44.2 Å². The van der Waals surface area contributed by atoms with E-state index in [1.54, 1.807) is 10.7 Å². The number of hydrogen-bond acceptors (Lipinski definition) is 3. The topological polar surface area (TPSA) is 64.4 Å². The van der Waals surface area contributed by atoms with E-state index in [2.05, 4.69) is 5.10 Å². The van der Waals surface area contributed by atoms with Crippen molar-refractivity contribution >= 4 is 5.97 Å². The van der Waals surface area contributed by atoms with Crippen LogP contribution >= 0.6 is 0 Å². The molecule has 5 heteroatoms. The first kappa shape index (κ1) is 13.1. The zero-order chi connectivity index (χ0) is 13.8. The highest BCUT2D eigenvalue weighted by Gasteiger charge is 2.15. The number of carboxylic acids is 1. The summed E-state index contributed by atoms with van der Waals surface area (Å²) in [5.41, 5.74) is 0.789. The van der Waals surface area contributed by atoms with Crippen molar-refractivity contribution < 1.29 is 14.6 Å². The molecule has 100 valence electrons. The lowest BCUT2D eigenvalue weighted by Gasteiger charge is -2.11. The van der Waals surface area contributed by atoms with Gasteiger partial charge in [0.05, 0.1) is 5.69 Å². The van der Waals surface area contributed by atoms with E-state index in [1.165, 1.54) is 0 Å². The first-order chi connectivity index (χ1) is 9.08. The minimum absolute atomic E-state index is 0.0420. The molecule has 1 heterocycles. The molecule has 0 bridgehead atoms. The van der Waals surface area contributed by atoms with E-state index in [-0.39, 0.29) is 11.7 Å². The van der Waals surface area contributed by atoms with Gasteiger partial charge in [-0.15, -0.1) is 0 Å². The molecule has 0 aliphatic rings. The fraction of sp³-hybridized carbons (Fsp3) is 0.286. The SMILES string of the molecule is CC(C)n1nc(C(=O)O)cc1COc1ccccc1.